The summed E-state index contributed by atoms with van der Waals surface area (Å²) in [7, 11) is 4.14. The molecule has 0 aromatic carbocycles. The highest BCUT2D eigenvalue weighted by molar-refractivity contribution is 6.30. The molecular formula is C9H14ClN. The Morgan fingerprint density at radius 2 is 2.18 bits per heavy atom. The molecule has 0 N–H and O–H groups in total. The van der Waals surface area contributed by atoms with Crippen LogP contribution in [0, 0.1) is 5.92 Å². The Morgan fingerprint density at radius 1 is 1.55 bits per heavy atom. The molecule has 0 saturated carbocycles. The van der Waals surface area contributed by atoms with Gasteiger partial charge < -0.3 is 4.90 Å². The van der Waals surface area contributed by atoms with Crippen LogP contribution in [0.4, 0.5) is 0 Å². The van der Waals surface area contributed by atoms with E-state index in [1.165, 1.54) is 0 Å². The molecule has 0 radical (unpaired) electrons. The first-order valence-corrected chi connectivity index (χ1v) is 4.21. The van der Waals surface area contributed by atoms with Crippen LogP contribution in [-0.2, 0) is 0 Å². The fraction of sp³-hybridized carbons (Fsp3) is 0.556. The molecule has 0 amide bonds. The van der Waals surface area contributed by atoms with E-state index in [1.807, 2.05) is 12.2 Å². The summed E-state index contributed by atoms with van der Waals surface area (Å²) < 4.78 is 0. The van der Waals surface area contributed by atoms with Crippen molar-refractivity contribution >= 4 is 11.6 Å². The lowest BCUT2D eigenvalue weighted by molar-refractivity contribution is 0.280. The van der Waals surface area contributed by atoms with Crippen LogP contribution in [0.1, 0.15) is 6.92 Å². The third-order valence-electron chi connectivity index (χ3n) is 2.23. The van der Waals surface area contributed by atoms with Crippen molar-refractivity contribution in [1.29, 1.82) is 0 Å². The molecule has 11 heavy (non-hydrogen) atoms. The molecule has 0 aliphatic heterocycles. The van der Waals surface area contributed by atoms with E-state index >= 15 is 0 Å². The van der Waals surface area contributed by atoms with Crippen molar-refractivity contribution < 1.29 is 0 Å². The first kappa shape index (κ1) is 8.82. The van der Waals surface area contributed by atoms with Crippen LogP contribution in [0.15, 0.2) is 23.3 Å². The maximum absolute atomic E-state index is 5.99. The zero-order valence-electron chi connectivity index (χ0n) is 7.21. The molecule has 0 aromatic heterocycles. The first-order valence-electron chi connectivity index (χ1n) is 3.83. The van der Waals surface area contributed by atoms with Gasteiger partial charge in [-0.3, -0.25) is 0 Å². The number of rotatable bonds is 2. The number of halogens is 1. The average Bonchev–Trinajstić information content (AvgIpc) is 2.33. The van der Waals surface area contributed by atoms with Gasteiger partial charge in [-0.05, 0) is 27.1 Å². The highest BCUT2D eigenvalue weighted by Crippen LogP contribution is 2.27. The third kappa shape index (κ3) is 1.85. The van der Waals surface area contributed by atoms with Crippen molar-refractivity contribution in [3.63, 3.8) is 0 Å². The van der Waals surface area contributed by atoms with E-state index in [1.54, 1.807) is 0 Å². The number of hydrogen-bond acceptors (Lipinski definition) is 1. The van der Waals surface area contributed by atoms with Gasteiger partial charge in [-0.2, -0.15) is 0 Å². The minimum atomic E-state index is 0.395. The molecule has 0 fully saturated rings. The van der Waals surface area contributed by atoms with E-state index in [-0.39, 0.29) is 0 Å². The maximum Gasteiger partial charge on any atom is 0.0282 e. The van der Waals surface area contributed by atoms with Gasteiger partial charge in [-0.25, -0.2) is 0 Å². The van der Waals surface area contributed by atoms with Crippen LogP contribution in [0.25, 0.3) is 0 Å². The molecule has 1 aliphatic rings. The smallest absolute Gasteiger partial charge is 0.0282 e. The Hall–Kier alpha value is -0.270. The largest absolute Gasteiger partial charge is 0.306 e. The Labute approximate surface area is 73.3 Å². The summed E-state index contributed by atoms with van der Waals surface area (Å²) in [6.07, 6.45) is 6.13. The normalized spacial score (nSPS) is 25.9. The monoisotopic (exact) mass is 171 g/mol. The SMILES string of the molecule is C[C@H](C1C=CC=C1Cl)N(C)C. The molecule has 2 atom stereocenters. The van der Waals surface area contributed by atoms with Crippen LogP contribution in [0.5, 0.6) is 0 Å². The summed E-state index contributed by atoms with van der Waals surface area (Å²) in [6, 6.07) is 0.484. The summed E-state index contributed by atoms with van der Waals surface area (Å²) >= 11 is 5.99. The minimum absolute atomic E-state index is 0.395. The summed E-state index contributed by atoms with van der Waals surface area (Å²) in [5.41, 5.74) is 0. The van der Waals surface area contributed by atoms with Gasteiger partial charge in [0.15, 0.2) is 0 Å². The fourth-order valence-electron chi connectivity index (χ4n) is 1.18. The zero-order chi connectivity index (χ0) is 8.43. The van der Waals surface area contributed by atoms with E-state index in [9.17, 15) is 0 Å². The van der Waals surface area contributed by atoms with Gasteiger partial charge in [0.1, 0.15) is 0 Å². The van der Waals surface area contributed by atoms with Crippen molar-refractivity contribution in [3.8, 4) is 0 Å². The van der Waals surface area contributed by atoms with Crippen molar-refractivity contribution in [2.75, 3.05) is 14.1 Å². The lowest BCUT2D eigenvalue weighted by Crippen LogP contribution is -2.31. The summed E-state index contributed by atoms with van der Waals surface area (Å²) in [5, 5.41) is 0.950. The van der Waals surface area contributed by atoms with E-state index in [2.05, 4.69) is 32.0 Å². The second-order valence-corrected chi connectivity index (χ2v) is 3.60. The molecule has 0 heterocycles. The van der Waals surface area contributed by atoms with E-state index < -0.39 is 0 Å². The fourth-order valence-corrected chi connectivity index (χ4v) is 1.51. The predicted octanol–water partition coefficient (Wildman–Crippen LogP) is 2.25. The summed E-state index contributed by atoms with van der Waals surface area (Å²) in [5.74, 6) is 0.395. The van der Waals surface area contributed by atoms with Crippen LogP contribution in [0.3, 0.4) is 0 Å². The Kier molecular flexibility index (Phi) is 2.74. The highest BCUT2D eigenvalue weighted by atomic mass is 35.5. The van der Waals surface area contributed by atoms with Crippen LogP contribution in [-0.4, -0.2) is 25.0 Å². The standard InChI is InChI=1S/C9H14ClN/c1-7(11(2)3)8-5-4-6-9(8)10/h4-8H,1-3H3/t7-,8?/m1/s1. The van der Waals surface area contributed by atoms with Crippen molar-refractivity contribution in [3.05, 3.63) is 23.3 Å². The highest BCUT2D eigenvalue weighted by Gasteiger charge is 2.21. The minimum Gasteiger partial charge on any atom is -0.306 e. The first-order chi connectivity index (χ1) is 5.13. The maximum atomic E-state index is 5.99. The average molecular weight is 172 g/mol. The predicted molar refractivity (Wildman–Crippen MR) is 49.7 cm³/mol. The molecule has 2 heteroatoms. The van der Waals surface area contributed by atoms with Gasteiger partial charge in [0.2, 0.25) is 0 Å². The summed E-state index contributed by atoms with van der Waals surface area (Å²) in [4.78, 5) is 2.18. The molecule has 62 valence electrons. The number of allylic oxidation sites excluding steroid dienone is 2. The molecule has 1 aliphatic carbocycles. The van der Waals surface area contributed by atoms with Gasteiger partial charge in [0, 0.05) is 17.0 Å². The Balaban J connectivity index is 2.62. The van der Waals surface area contributed by atoms with Gasteiger partial charge in [0.25, 0.3) is 0 Å². The second kappa shape index (κ2) is 3.42. The van der Waals surface area contributed by atoms with Gasteiger partial charge in [-0.1, -0.05) is 23.8 Å². The molecule has 1 unspecified atom stereocenters. The van der Waals surface area contributed by atoms with Crippen LogP contribution in [0.2, 0.25) is 0 Å². The topological polar surface area (TPSA) is 3.24 Å². The lowest BCUT2D eigenvalue weighted by Gasteiger charge is -2.25. The molecular weight excluding hydrogens is 158 g/mol. The van der Waals surface area contributed by atoms with Crippen molar-refractivity contribution in [2.45, 2.75) is 13.0 Å². The zero-order valence-corrected chi connectivity index (χ0v) is 7.97. The van der Waals surface area contributed by atoms with E-state index in [0.717, 1.165) is 5.03 Å². The quantitative estimate of drug-likeness (QED) is 0.616. The van der Waals surface area contributed by atoms with Gasteiger partial charge in [-0.15, -0.1) is 0 Å². The molecule has 0 aromatic rings. The van der Waals surface area contributed by atoms with Crippen molar-refractivity contribution in [2.24, 2.45) is 5.92 Å². The van der Waals surface area contributed by atoms with E-state index in [4.69, 9.17) is 11.6 Å². The van der Waals surface area contributed by atoms with Gasteiger partial charge >= 0.3 is 0 Å². The lowest BCUT2D eigenvalue weighted by atomic mass is 10.0. The molecule has 1 rings (SSSR count). The Bertz CT molecular complexity index is 194. The van der Waals surface area contributed by atoms with Crippen LogP contribution < -0.4 is 0 Å². The third-order valence-corrected chi connectivity index (χ3v) is 2.60. The molecule has 1 nitrogen and oxygen atoms in total. The molecule has 0 bridgehead atoms. The van der Waals surface area contributed by atoms with Gasteiger partial charge in [0.05, 0.1) is 0 Å². The summed E-state index contributed by atoms with van der Waals surface area (Å²) in [6.45, 7) is 2.18. The number of nitrogens with zero attached hydrogens (tertiary/aromatic N) is 1. The second-order valence-electron chi connectivity index (χ2n) is 3.17. The van der Waals surface area contributed by atoms with Crippen LogP contribution >= 0.6 is 11.6 Å². The number of hydrogen-bond donors (Lipinski definition) is 0. The van der Waals surface area contributed by atoms with E-state index in [0.29, 0.717) is 12.0 Å². The Morgan fingerprint density at radius 3 is 2.55 bits per heavy atom. The molecule has 0 saturated heterocycles. The van der Waals surface area contributed by atoms with Crippen molar-refractivity contribution in [1.82, 2.24) is 4.90 Å². The molecule has 0 spiro atoms.